The van der Waals surface area contributed by atoms with E-state index in [9.17, 15) is 26.4 Å². The number of benzene rings is 1. The molecule has 0 spiro atoms. The van der Waals surface area contributed by atoms with Gasteiger partial charge in [0.05, 0.1) is 22.6 Å². The van der Waals surface area contributed by atoms with E-state index in [2.05, 4.69) is 5.16 Å². The second-order valence-corrected chi connectivity index (χ2v) is 8.64. The van der Waals surface area contributed by atoms with Gasteiger partial charge in [0.2, 0.25) is 10.0 Å². The molecule has 1 aromatic rings. The molecule has 1 aliphatic heterocycles. The molecule has 1 saturated carbocycles. The predicted octanol–water partition coefficient (Wildman–Crippen LogP) is 3.19. The maximum absolute atomic E-state index is 12.8. The Labute approximate surface area is 155 Å². The highest BCUT2D eigenvalue weighted by atomic mass is 32.2. The number of piperidine rings is 1. The number of hydrogen-bond donors (Lipinski definition) is 0. The fourth-order valence-corrected chi connectivity index (χ4v) is 4.26. The van der Waals surface area contributed by atoms with Crippen LogP contribution in [-0.4, -0.2) is 37.5 Å². The van der Waals surface area contributed by atoms with Gasteiger partial charge in [0.15, 0.2) is 0 Å². The van der Waals surface area contributed by atoms with E-state index in [-0.39, 0.29) is 25.9 Å². The lowest BCUT2D eigenvalue weighted by molar-refractivity contribution is -0.144. The van der Waals surface area contributed by atoms with Crippen LogP contribution in [0.4, 0.5) is 13.2 Å². The second kappa shape index (κ2) is 7.59. The van der Waals surface area contributed by atoms with Gasteiger partial charge in [-0.05, 0) is 37.0 Å². The summed E-state index contributed by atoms with van der Waals surface area (Å²) in [6.07, 6.45) is -1.71. The number of nitrogens with zero attached hydrogens (tertiary/aromatic N) is 2. The van der Waals surface area contributed by atoms with Crippen LogP contribution in [0.25, 0.3) is 0 Å². The van der Waals surface area contributed by atoms with Crippen LogP contribution in [0.15, 0.2) is 34.3 Å². The van der Waals surface area contributed by atoms with Crippen molar-refractivity contribution in [2.75, 3.05) is 13.1 Å². The van der Waals surface area contributed by atoms with Gasteiger partial charge >= 0.3 is 12.1 Å². The maximum Gasteiger partial charge on any atom is 0.416 e. The van der Waals surface area contributed by atoms with Gasteiger partial charge in [-0.3, -0.25) is 0 Å². The summed E-state index contributed by atoms with van der Waals surface area (Å²) >= 11 is 0. The molecule has 10 heteroatoms. The van der Waals surface area contributed by atoms with Crippen molar-refractivity contribution in [3.05, 3.63) is 29.8 Å². The van der Waals surface area contributed by atoms with Crippen molar-refractivity contribution >= 4 is 21.7 Å². The lowest BCUT2D eigenvalue weighted by Crippen LogP contribution is -2.38. The van der Waals surface area contributed by atoms with E-state index in [4.69, 9.17) is 4.84 Å². The van der Waals surface area contributed by atoms with Gasteiger partial charge < -0.3 is 4.84 Å². The van der Waals surface area contributed by atoms with E-state index in [0.717, 1.165) is 35.3 Å². The van der Waals surface area contributed by atoms with Crippen LogP contribution in [0.3, 0.4) is 0 Å². The summed E-state index contributed by atoms with van der Waals surface area (Å²) in [7, 11) is -4.04. The van der Waals surface area contributed by atoms with E-state index >= 15 is 0 Å². The van der Waals surface area contributed by atoms with Gasteiger partial charge in [0.1, 0.15) is 0 Å². The zero-order valence-electron chi connectivity index (χ0n) is 14.4. The standard InChI is InChI=1S/C17H19F3N2O4S/c18-17(19,20)13-2-1-3-15(11-13)27(24,25)22-8-6-14(7-9-22)21-26-16(23)10-12-4-5-12/h1-3,11-12H,4-10H2. The van der Waals surface area contributed by atoms with Crippen LogP contribution in [0, 0.1) is 5.92 Å². The van der Waals surface area contributed by atoms with Gasteiger partial charge in [0, 0.05) is 25.9 Å². The molecule has 0 aromatic heterocycles. The Morgan fingerprint density at radius 3 is 2.48 bits per heavy atom. The largest absolute Gasteiger partial charge is 0.416 e. The van der Waals surface area contributed by atoms with Crippen molar-refractivity contribution in [2.24, 2.45) is 11.1 Å². The summed E-state index contributed by atoms with van der Waals surface area (Å²) in [5.74, 6) is -0.0128. The highest BCUT2D eigenvalue weighted by Gasteiger charge is 2.34. The van der Waals surface area contributed by atoms with E-state index < -0.39 is 32.6 Å². The number of carbonyl (C=O) groups is 1. The van der Waals surface area contributed by atoms with Gasteiger partial charge in [-0.15, -0.1) is 0 Å². The van der Waals surface area contributed by atoms with Crippen molar-refractivity contribution in [3.8, 4) is 0 Å². The number of oxime groups is 1. The fraction of sp³-hybridized carbons (Fsp3) is 0.529. The Morgan fingerprint density at radius 1 is 1.22 bits per heavy atom. The highest BCUT2D eigenvalue weighted by molar-refractivity contribution is 7.89. The molecule has 1 aliphatic carbocycles. The van der Waals surface area contributed by atoms with E-state index in [1.165, 1.54) is 0 Å². The fourth-order valence-electron chi connectivity index (χ4n) is 2.77. The summed E-state index contributed by atoms with van der Waals surface area (Å²) in [4.78, 5) is 16.0. The van der Waals surface area contributed by atoms with Crippen molar-refractivity contribution in [1.29, 1.82) is 0 Å². The average molecular weight is 404 g/mol. The minimum Gasteiger partial charge on any atom is -0.318 e. The summed E-state index contributed by atoms with van der Waals surface area (Å²) in [5, 5.41) is 3.80. The first-order chi connectivity index (χ1) is 12.7. The van der Waals surface area contributed by atoms with Gasteiger partial charge in [-0.1, -0.05) is 11.2 Å². The summed E-state index contributed by atoms with van der Waals surface area (Å²) in [5.41, 5.74) is -0.444. The summed E-state index contributed by atoms with van der Waals surface area (Å²) in [6.45, 7) is 0.134. The van der Waals surface area contributed by atoms with Gasteiger partial charge in [-0.2, -0.15) is 17.5 Å². The normalized spacial score (nSPS) is 19.0. The molecule has 6 nitrogen and oxygen atoms in total. The number of alkyl halides is 3. The zero-order chi connectivity index (χ0) is 19.7. The molecule has 2 fully saturated rings. The molecule has 27 heavy (non-hydrogen) atoms. The lowest BCUT2D eigenvalue weighted by atomic mass is 10.1. The molecule has 0 N–H and O–H groups in total. The van der Waals surface area contributed by atoms with Crippen molar-refractivity contribution < 1.29 is 31.2 Å². The molecule has 0 bridgehead atoms. The molecule has 3 rings (SSSR count). The highest BCUT2D eigenvalue weighted by Crippen LogP contribution is 2.33. The number of rotatable bonds is 5. The quantitative estimate of drug-likeness (QED) is 0.558. The molecular formula is C17H19F3N2O4S. The number of halogens is 3. The average Bonchev–Trinajstić information content (AvgIpc) is 3.44. The summed E-state index contributed by atoms with van der Waals surface area (Å²) in [6, 6.07) is 3.69. The maximum atomic E-state index is 12.8. The monoisotopic (exact) mass is 404 g/mol. The topological polar surface area (TPSA) is 76.0 Å². The van der Waals surface area contributed by atoms with Gasteiger partial charge in [0.25, 0.3) is 0 Å². The van der Waals surface area contributed by atoms with Crippen LogP contribution in [0.1, 0.15) is 37.7 Å². The Bertz CT molecular complexity index is 838. The minimum atomic E-state index is -4.61. The molecule has 0 atom stereocenters. The second-order valence-electron chi connectivity index (χ2n) is 6.70. The first-order valence-corrected chi connectivity index (χ1v) is 10.0. The van der Waals surface area contributed by atoms with Crippen molar-refractivity contribution in [1.82, 2.24) is 4.31 Å². The summed E-state index contributed by atoms with van der Waals surface area (Å²) < 4.78 is 64.8. The molecule has 2 aliphatic rings. The number of carbonyl (C=O) groups excluding carboxylic acids is 1. The molecular weight excluding hydrogens is 385 g/mol. The zero-order valence-corrected chi connectivity index (χ0v) is 15.2. The Balaban J connectivity index is 1.62. The molecule has 0 radical (unpaired) electrons. The molecule has 0 unspecified atom stereocenters. The van der Waals surface area contributed by atoms with Crippen LogP contribution in [0.5, 0.6) is 0 Å². The van der Waals surface area contributed by atoms with Crippen molar-refractivity contribution in [3.63, 3.8) is 0 Å². The van der Waals surface area contributed by atoms with E-state index in [1.54, 1.807) is 0 Å². The molecule has 0 amide bonds. The van der Waals surface area contributed by atoms with Gasteiger partial charge in [-0.25, -0.2) is 13.2 Å². The third-order valence-corrected chi connectivity index (χ3v) is 6.42. The number of sulfonamides is 1. The molecule has 1 saturated heterocycles. The first kappa shape index (κ1) is 19.8. The number of hydrogen-bond acceptors (Lipinski definition) is 5. The third-order valence-electron chi connectivity index (χ3n) is 4.53. The van der Waals surface area contributed by atoms with E-state index in [1.807, 2.05) is 0 Å². The SMILES string of the molecule is O=C(CC1CC1)ON=C1CCN(S(=O)(=O)c2cccc(C(F)(F)F)c2)CC1. The van der Waals surface area contributed by atoms with Crippen molar-refractivity contribution in [2.45, 2.75) is 43.2 Å². The lowest BCUT2D eigenvalue weighted by Gasteiger charge is -2.26. The van der Waals surface area contributed by atoms with Crippen LogP contribution in [-0.2, 0) is 25.8 Å². The third kappa shape index (κ3) is 5.07. The smallest absolute Gasteiger partial charge is 0.318 e. The van der Waals surface area contributed by atoms with E-state index in [0.29, 0.717) is 24.1 Å². The minimum absolute atomic E-state index is 0.0671. The molecule has 1 aromatic carbocycles. The van der Waals surface area contributed by atoms with Crippen LogP contribution in [0.2, 0.25) is 0 Å². The molecule has 1 heterocycles. The Hall–Kier alpha value is -1.94. The Morgan fingerprint density at radius 2 is 1.89 bits per heavy atom. The Kier molecular flexibility index (Phi) is 5.57. The predicted molar refractivity (Wildman–Crippen MR) is 90.3 cm³/mol. The van der Waals surface area contributed by atoms with Crippen LogP contribution < -0.4 is 0 Å². The molecule has 148 valence electrons. The van der Waals surface area contributed by atoms with Crippen LogP contribution >= 0.6 is 0 Å². The first-order valence-electron chi connectivity index (χ1n) is 8.59.